The second-order valence-electron chi connectivity index (χ2n) is 16.7. The first-order valence-corrected chi connectivity index (χ1v) is 25.4. The minimum absolute atomic E-state index is 0.829. The Morgan fingerprint density at radius 2 is 0.908 bits per heavy atom. The molecule has 0 aliphatic carbocycles. The summed E-state index contributed by atoms with van der Waals surface area (Å²) in [5.41, 5.74) is 7.60. The highest BCUT2D eigenvalue weighted by atomic mass is 32.1. The van der Waals surface area contributed by atoms with Crippen LogP contribution < -0.4 is 20.9 Å². The number of furan rings is 2. The van der Waals surface area contributed by atoms with Crippen LogP contribution in [-0.2, 0) is 0 Å². The lowest BCUT2D eigenvalue weighted by Crippen LogP contribution is -2.75. The van der Waals surface area contributed by atoms with E-state index < -0.39 is 8.07 Å². The summed E-state index contributed by atoms with van der Waals surface area (Å²) in [6.07, 6.45) is 3.95. The lowest BCUT2D eigenvalue weighted by molar-refractivity contribution is 0.670. The minimum Gasteiger partial charge on any atom is -0.455 e. The van der Waals surface area contributed by atoms with Crippen molar-refractivity contribution in [2.75, 3.05) is 0 Å². The van der Waals surface area contributed by atoms with Crippen LogP contribution in [0.5, 0.6) is 0 Å². The monoisotopic (exact) mass is 882 g/mol. The van der Waals surface area contributed by atoms with Crippen molar-refractivity contribution in [2.45, 2.75) is 0 Å². The van der Waals surface area contributed by atoms with Crippen LogP contribution in [0.15, 0.2) is 215 Å². The lowest BCUT2D eigenvalue weighted by Gasteiger charge is -2.33. The fourth-order valence-corrected chi connectivity index (χ4v) is 18.4. The van der Waals surface area contributed by atoms with Crippen molar-refractivity contribution in [3.05, 3.63) is 207 Å². The molecule has 304 valence electrons. The molecule has 0 fully saturated rings. The van der Waals surface area contributed by atoms with E-state index in [0.29, 0.717) is 0 Å². The number of hydrogen-bond donors (Lipinski definition) is 0. The number of thiophene rings is 2. The first-order chi connectivity index (χ1) is 32.3. The molecule has 0 radical (unpaired) electrons. The van der Waals surface area contributed by atoms with E-state index in [1.54, 1.807) is 0 Å². The quantitative estimate of drug-likeness (QED) is 0.123. The van der Waals surface area contributed by atoms with Crippen LogP contribution in [0.1, 0.15) is 0 Å². The minimum atomic E-state index is -3.31. The van der Waals surface area contributed by atoms with Gasteiger partial charge in [0, 0.05) is 86.3 Å². The molecule has 14 rings (SSSR count). The van der Waals surface area contributed by atoms with Gasteiger partial charge >= 0.3 is 0 Å². The maximum absolute atomic E-state index is 7.44. The Morgan fingerprint density at radius 1 is 0.354 bits per heavy atom. The highest BCUT2D eigenvalue weighted by molar-refractivity contribution is 7.31. The zero-order valence-corrected chi connectivity index (χ0v) is 37.3. The maximum atomic E-state index is 7.44. The summed E-state index contributed by atoms with van der Waals surface area (Å²) < 4.78 is 18.9. The van der Waals surface area contributed by atoms with E-state index in [1.807, 2.05) is 47.2 Å². The second-order valence-corrected chi connectivity index (χ2v) is 22.4. The van der Waals surface area contributed by atoms with E-state index in [9.17, 15) is 0 Å². The summed E-state index contributed by atoms with van der Waals surface area (Å²) in [7, 11) is -3.31. The smallest absolute Gasteiger partial charge is 0.208 e. The Labute approximate surface area is 381 Å². The summed E-state index contributed by atoms with van der Waals surface area (Å²) in [5, 5.41) is 14.0. The number of aromatic nitrogens is 2. The fraction of sp³-hybridized carbons (Fsp3) is 0. The molecule has 0 aliphatic heterocycles. The topological polar surface area (TPSA) is 52.1 Å². The molecule has 4 nitrogen and oxygen atoms in total. The zero-order valence-electron chi connectivity index (χ0n) is 34.7. The Morgan fingerprint density at radius 3 is 1.71 bits per heavy atom. The van der Waals surface area contributed by atoms with Crippen molar-refractivity contribution in [2.24, 2.45) is 0 Å². The second kappa shape index (κ2) is 14.2. The van der Waals surface area contributed by atoms with E-state index >= 15 is 0 Å². The number of rotatable bonds is 6. The molecule has 0 unspecified atom stereocenters. The van der Waals surface area contributed by atoms with E-state index in [0.717, 1.165) is 70.7 Å². The molecule has 6 heterocycles. The molecule has 0 saturated heterocycles. The Balaban J connectivity index is 1.07. The average molecular weight is 883 g/mol. The van der Waals surface area contributed by atoms with Gasteiger partial charge in [-0.25, -0.2) is 0 Å². The average Bonchev–Trinajstić information content (AvgIpc) is 4.16. The predicted octanol–water partition coefficient (Wildman–Crippen LogP) is 13.7. The van der Waals surface area contributed by atoms with Gasteiger partial charge in [0.1, 0.15) is 16.7 Å². The van der Waals surface area contributed by atoms with E-state index in [4.69, 9.17) is 18.8 Å². The highest BCUT2D eigenvalue weighted by Gasteiger charge is 2.47. The molecule has 0 bridgehead atoms. The molecule has 8 aromatic carbocycles. The van der Waals surface area contributed by atoms with E-state index in [1.165, 1.54) is 56.8 Å². The number of para-hydroxylation sites is 3. The molecule has 0 atom stereocenters. The molecule has 7 heteroatoms. The van der Waals surface area contributed by atoms with Crippen LogP contribution in [0.3, 0.4) is 0 Å². The van der Waals surface area contributed by atoms with Crippen LogP contribution >= 0.6 is 22.7 Å². The SMILES string of the molecule is c1ccc([Si](c2ccccc2)(c2nccc3c2oc2c(-c4cccc5c4sc4ccccc45)cccc23)c2cccc3c2sc2c(-c4cccc5c4oc4ccccc45)nccc23)cc1. The Bertz CT molecular complexity index is 3930. The van der Waals surface area contributed by atoms with Crippen LogP contribution in [0, 0.1) is 0 Å². The van der Waals surface area contributed by atoms with Gasteiger partial charge in [-0.3, -0.25) is 9.97 Å². The number of fused-ring (bicyclic) bond motifs is 12. The van der Waals surface area contributed by atoms with Gasteiger partial charge in [0.15, 0.2) is 5.58 Å². The van der Waals surface area contributed by atoms with Crippen LogP contribution in [0.25, 0.3) is 107 Å². The molecule has 6 aromatic heterocycles. The molecule has 0 N–H and O–H groups in total. The molecule has 0 spiro atoms. The summed E-state index contributed by atoms with van der Waals surface area (Å²) in [6, 6.07) is 69.9. The molecule has 14 aromatic rings. The third-order valence-electron chi connectivity index (χ3n) is 13.4. The normalized spacial score (nSPS) is 12.3. The zero-order chi connectivity index (χ0) is 42.6. The van der Waals surface area contributed by atoms with Gasteiger partial charge in [0.2, 0.25) is 8.07 Å². The van der Waals surface area contributed by atoms with Gasteiger partial charge in [-0.2, -0.15) is 0 Å². The van der Waals surface area contributed by atoms with Gasteiger partial charge in [-0.15, -0.1) is 22.7 Å². The predicted molar refractivity (Wildman–Crippen MR) is 277 cm³/mol. The summed E-state index contributed by atoms with van der Waals surface area (Å²) in [5.74, 6) is 0. The first kappa shape index (κ1) is 36.8. The standard InChI is InChI=1S/C58H34N2O2S2Si/c1-3-15-35(16-4-1)65(36-17-5-2-6-18-36,50-30-14-26-45-46-32-33-59-51(57(46)64-56(45)50)47-27-12-21-39-37-19-7-9-28-48(37)61-53(39)47)58-54-42(31-34-60-58)40-22-11-23-41(52(40)62-54)44-25-13-24-43-38-20-8-10-29-49(38)63-55(43)44/h1-34H. The number of benzene rings is 8. The van der Waals surface area contributed by atoms with Crippen molar-refractivity contribution in [1.29, 1.82) is 0 Å². The van der Waals surface area contributed by atoms with Crippen LogP contribution in [-0.4, -0.2) is 18.0 Å². The molecule has 0 aliphatic rings. The molecular formula is C58H34N2O2S2Si. The van der Waals surface area contributed by atoms with Crippen molar-refractivity contribution in [3.63, 3.8) is 0 Å². The maximum Gasteiger partial charge on any atom is 0.208 e. The lowest BCUT2D eigenvalue weighted by atomic mass is 10.0. The van der Waals surface area contributed by atoms with Crippen molar-refractivity contribution in [3.8, 4) is 22.4 Å². The van der Waals surface area contributed by atoms with E-state index in [2.05, 4.69) is 182 Å². The molecule has 65 heavy (non-hydrogen) atoms. The van der Waals surface area contributed by atoms with Crippen LogP contribution in [0.4, 0.5) is 0 Å². The summed E-state index contributed by atoms with van der Waals surface area (Å²) in [4.78, 5) is 10.6. The molecule has 0 saturated carbocycles. The highest BCUT2D eigenvalue weighted by Crippen LogP contribution is 2.45. The number of pyridine rings is 2. The summed E-state index contributed by atoms with van der Waals surface area (Å²) in [6.45, 7) is 0. The first-order valence-electron chi connectivity index (χ1n) is 21.8. The van der Waals surface area contributed by atoms with Crippen molar-refractivity contribution in [1.82, 2.24) is 9.97 Å². The van der Waals surface area contributed by atoms with Gasteiger partial charge in [0.25, 0.3) is 0 Å². The Hall–Kier alpha value is -7.68. The van der Waals surface area contributed by atoms with Crippen molar-refractivity contribution < 1.29 is 8.83 Å². The van der Waals surface area contributed by atoms with Crippen LogP contribution in [0.2, 0.25) is 0 Å². The van der Waals surface area contributed by atoms with E-state index in [-0.39, 0.29) is 0 Å². The van der Waals surface area contributed by atoms with Gasteiger partial charge in [-0.1, -0.05) is 164 Å². The van der Waals surface area contributed by atoms with Gasteiger partial charge < -0.3 is 8.83 Å². The van der Waals surface area contributed by atoms with Gasteiger partial charge in [0.05, 0.1) is 15.7 Å². The third-order valence-corrected chi connectivity index (χ3v) is 20.7. The molecule has 0 amide bonds. The largest absolute Gasteiger partial charge is 0.455 e. The summed E-state index contributed by atoms with van der Waals surface area (Å²) >= 11 is 3.67. The number of hydrogen-bond acceptors (Lipinski definition) is 6. The Kier molecular flexibility index (Phi) is 8.01. The molecular weight excluding hydrogens is 849 g/mol. The number of nitrogens with zero attached hydrogens (tertiary/aromatic N) is 2. The third kappa shape index (κ3) is 5.23. The van der Waals surface area contributed by atoms with Crippen molar-refractivity contribution >= 4 is 136 Å². The fourth-order valence-electron chi connectivity index (χ4n) is 10.6. The van der Waals surface area contributed by atoms with Gasteiger partial charge in [-0.05, 0) is 45.9 Å².